The number of esters is 1. The van der Waals surface area contributed by atoms with Crippen molar-refractivity contribution in [3.8, 4) is 0 Å². The molecule has 6 heteroatoms. The SMILES string of the molecule is COC(=O)[C@H]1CC[C@@H](OS(C)(=O)=O)C1. The highest BCUT2D eigenvalue weighted by molar-refractivity contribution is 7.86. The molecule has 0 saturated heterocycles. The number of hydrogen-bond donors (Lipinski definition) is 0. The average Bonchev–Trinajstić information content (AvgIpc) is 2.48. The van der Waals surface area contributed by atoms with E-state index >= 15 is 0 Å². The van der Waals surface area contributed by atoms with Crippen molar-refractivity contribution in [1.29, 1.82) is 0 Å². The average molecular weight is 222 g/mol. The third kappa shape index (κ3) is 3.26. The van der Waals surface area contributed by atoms with Gasteiger partial charge in [-0.15, -0.1) is 0 Å². The summed E-state index contributed by atoms with van der Waals surface area (Å²) in [5, 5.41) is 0. The molecule has 0 aliphatic heterocycles. The first-order valence-electron chi connectivity index (χ1n) is 4.38. The summed E-state index contributed by atoms with van der Waals surface area (Å²) in [6.07, 6.45) is 2.30. The maximum absolute atomic E-state index is 11.1. The molecule has 1 aliphatic rings. The normalized spacial score (nSPS) is 27.6. The number of rotatable bonds is 3. The first-order valence-corrected chi connectivity index (χ1v) is 6.20. The van der Waals surface area contributed by atoms with Crippen LogP contribution in [-0.2, 0) is 23.8 Å². The minimum absolute atomic E-state index is 0.216. The molecule has 5 nitrogen and oxygen atoms in total. The maximum atomic E-state index is 11.1. The highest BCUT2D eigenvalue weighted by Crippen LogP contribution is 2.29. The second kappa shape index (κ2) is 4.27. The third-order valence-electron chi connectivity index (χ3n) is 2.23. The molecule has 0 amide bonds. The van der Waals surface area contributed by atoms with Gasteiger partial charge in [0.15, 0.2) is 0 Å². The molecule has 0 aromatic rings. The molecule has 1 rings (SSSR count). The standard InChI is InChI=1S/C8H14O5S/c1-12-8(9)6-3-4-7(5-6)13-14(2,10)11/h6-7H,3-5H2,1-2H3/t6-,7+/m0/s1. The zero-order valence-corrected chi connectivity index (χ0v) is 9.04. The van der Waals surface area contributed by atoms with Crippen molar-refractivity contribution in [3.63, 3.8) is 0 Å². The van der Waals surface area contributed by atoms with Crippen LogP contribution in [0.15, 0.2) is 0 Å². The third-order valence-corrected chi connectivity index (χ3v) is 2.85. The Bertz CT molecular complexity index is 308. The second-order valence-corrected chi connectivity index (χ2v) is 5.06. The lowest BCUT2D eigenvalue weighted by molar-refractivity contribution is -0.145. The predicted molar refractivity (Wildman–Crippen MR) is 49.1 cm³/mol. The number of carbonyl (C=O) groups excluding carboxylic acids is 1. The van der Waals surface area contributed by atoms with E-state index in [1.54, 1.807) is 0 Å². The van der Waals surface area contributed by atoms with E-state index in [0.29, 0.717) is 19.3 Å². The Kier molecular flexibility index (Phi) is 3.49. The molecule has 0 bridgehead atoms. The molecule has 0 aromatic heterocycles. The lowest BCUT2D eigenvalue weighted by Crippen LogP contribution is -2.17. The van der Waals surface area contributed by atoms with Crippen LogP contribution >= 0.6 is 0 Å². The quantitative estimate of drug-likeness (QED) is 0.507. The monoisotopic (exact) mass is 222 g/mol. The summed E-state index contributed by atoms with van der Waals surface area (Å²) in [6, 6.07) is 0. The number of methoxy groups -OCH3 is 1. The largest absolute Gasteiger partial charge is 0.469 e. The van der Waals surface area contributed by atoms with Gasteiger partial charge in [-0.3, -0.25) is 8.98 Å². The van der Waals surface area contributed by atoms with Crippen LogP contribution in [-0.4, -0.2) is 33.9 Å². The van der Waals surface area contributed by atoms with Crippen LogP contribution in [0.3, 0.4) is 0 Å². The first kappa shape index (κ1) is 11.5. The van der Waals surface area contributed by atoms with E-state index in [2.05, 4.69) is 4.74 Å². The van der Waals surface area contributed by atoms with Gasteiger partial charge in [0.25, 0.3) is 10.1 Å². The summed E-state index contributed by atoms with van der Waals surface area (Å²) in [5.41, 5.74) is 0. The summed E-state index contributed by atoms with van der Waals surface area (Å²) in [4.78, 5) is 11.1. The van der Waals surface area contributed by atoms with Crippen molar-refractivity contribution in [2.75, 3.05) is 13.4 Å². The van der Waals surface area contributed by atoms with Gasteiger partial charge in [0, 0.05) is 0 Å². The van der Waals surface area contributed by atoms with Crippen LogP contribution in [0.5, 0.6) is 0 Å². The molecule has 0 N–H and O–H groups in total. The fourth-order valence-electron chi connectivity index (χ4n) is 1.66. The Morgan fingerprint density at radius 2 is 2.00 bits per heavy atom. The van der Waals surface area contributed by atoms with Gasteiger partial charge >= 0.3 is 5.97 Å². The van der Waals surface area contributed by atoms with Crippen molar-refractivity contribution in [1.82, 2.24) is 0 Å². The summed E-state index contributed by atoms with van der Waals surface area (Å²) in [6.45, 7) is 0. The van der Waals surface area contributed by atoms with Gasteiger partial charge in [-0.2, -0.15) is 8.42 Å². The van der Waals surface area contributed by atoms with Gasteiger partial charge in [0.05, 0.1) is 25.4 Å². The van der Waals surface area contributed by atoms with Crippen LogP contribution in [0.1, 0.15) is 19.3 Å². The van der Waals surface area contributed by atoms with Gasteiger partial charge in [0.2, 0.25) is 0 Å². The van der Waals surface area contributed by atoms with E-state index in [1.165, 1.54) is 7.11 Å². The molecule has 0 heterocycles. The summed E-state index contributed by atoms with van der Waals surface area (Å²) in [5.74, 6) is -0.503. The van der Waals surface area contributed by atoms with Crippen molar-refractivity contribution in [2.24, 2.45) is 5.92 Å². The van der Waals surface area contributed by atoms with Crippen molar-refractivity contribution in [3.05, 3.63) is 0 Å². The molecule has 1 aliphatic carbocycles. The van der Waals surface area contributed by atoms with Gasteiger partial charge in [0.1, 0.15) is 0 Å². The molecule has 0 radical (unpaired) electrons. The zero-order chi connectivity index (χ0) is 10.8. The smallest absolute Gasteiger partial charge is 0.308 e. The van der Waals surface area contributed by atoms with E-state index in [4.69, 9.17) is 4.18 Å². The van der Waals surface area contributed by atoms with Crippen molar-refractivity contribution < 1.29 is 22.1 Å². The van der Waals surface area contributed by atoms with Crippen molar-refractivity contribution in [2.45, 2.75) is 25.4 Å². The molecule has 0 spiro atoms. The minimum atomic E-state index is -3.42. The Morgan fingerprint density at radius 3 is 2.50 bits per heavy atom. The summed E-state index contributed by atoms with van der Waals surface area (Å²) < 4.78 is 30.9. The van der Waals surface area contributed by atoms with E-state index in [1.807, 2.05) is 0 Å². The lowest BCUT2D eigenvalue weighted by atomic mass is 10.1. The predicted octanol–water partition coefficient (Wildman–Crippen LogP) is 0.304. The van der Waals surface area contributed by atoms with Gasteiger partial charge in [-0.25, -0.2) is 0 Å². The Hall–Kier alpha value is -0.620. The molecular weight excluding hydrogens is 208 g/mol. The number of ether oxygens (including phenoxy) is 1. The van der Waals surface area contributed by atoms with Crippen molar-refractivity contribution >= 4 is 16.1 Å². The topological polar surface area (TPSA) is 69.7 Å². The second-order valence-electron chi connectivity index (χ2n) is 3.46. The van der Waals surface area contributed by atoms with E-state index in [0.717, 1.165) is 6.26 Å². The fraction of sp³-hybridized carbons (Fsp3) is 0.875. The Balaban J connectivity index is 2.46. The maximum Gasteiger partial charge on any atom is 0.308 e. The Labute approximate surface area is 83.5 Å². The van der Waals surface area contributed by atoms with Gasteiger partial charge in [-0.05, 0) is 19.3 Å². The minimum Gasteiger partial charge on any atom is -0.469 e. The van der Waals surface area contributed by atoms with Crippen LogP contribution in [0.25, 0.3) is 0 Å². The summed E-state index contributed by atoms with van der Waals surface area (Å²) in [7, 11) is -2.09. The Morgan fingerprint density at radius 1 is 1.36 bits per heavy atom. The highest BCUT2D eigenvalue weighted by Gasteiger charge is 2.32. The summed E-state index contributed by atoms with van der Waals surface area (Å²) >= 11 is 0. The molecule has 1 saturated carbocycles. The first-order chi connectivity index (χ1) is 6.42. The molecular formula is C8H14O5S. The van der Waals surface area contributed by atoms with Gasteiger partial charge < -0.3 is 4.74 Å². The number of hydrogen-bond acceptors (Lipinski definition) is 5. The van der Waals surface area contributed by atoms with E-state index in [9.17, 15) is 13.2 Å². The lowest BCUT2D eigenvalue weighted by Gasteiger charge is -2.09. The highest BCUT2D eigenvalue weighted by atomic mass is 32.2. The zero-order valence-electron chi connectivity index (χ0n) is 8.23. The van der Waals surface area contributed by atoms with Crippen LogP contribution in [0.2, 0.25) is 0 Å². The molecule has 2 atom stereocenters. The molecule has 82 valence electrons. The fourth-order valence-corrected chi connectivity index (χ4v) is 2.32. The van der Waals surface area contributed by atoms with Gasteiger partial charge in [-0.1, -0.05) is 0 Å². The number of carbonyl (C=O) groups is 1. The van der Waals surface area contributed by atoms with E-state index < -0.39 is 10.1 Å². The molecule has 14 heavy (non-hydrogen) atoms. The molecule has 1 fully saturated rings. The molecule has 0 aromatic carbocycles. The molecule has 0 unspecified atom stereocenters. The van der Waals surface area contributed by atoms with E-state index in [-0.39, 0.29) is 18.0 Å². The van der Waals surface area contributed by atoms with Crippen LogP contribution in [0, 0.1) is 5.92 Å². The van der Waals surface area contributed by atoms with Crippen LogP contribution in [0.4, 0.5) is 0 Å². The van der Waals surface area contributed by atoms with Crippen LogP contribution < -0.4 is 0 Å².